The Bertz CT molecular complexity index is 636. The lowest BCUT2D eigenvalue weighted by Gasteiger charge is -2.11. The molecule has 0 aliphatic rings. The number of rotatable bonds is 5. The number of carbonyl (C=O) groups is 1. The molecule has 0 heterocycles. The Labute approximate surface area is 129 Å². The summed E-state index contributed by atoms with van der Waals surface area (Å²) in [6, 6.07) is 16.0. The van der Waals surface area contributed by atoms with Gasteiger partial charge >= 0.3 is 0 Å². The van der Waals surface area contributed by atoms with E-state index in [4.69, 9.17) is 11.6 Å². The maximum absolute atomic E-state index is 12.2. The molecular weight excluding hydrogens is 286 g/mol. The predicted molar refractivity (Wildman–Crippen MR) is 85.0 cm³/mol. The van der Waals surface area contributed by atoms with Crippen molar-refractivity contribution in [3.8, 4) is 0 Å². The molecule has 4 heteroatoms. The average molecular weight is 302 g/mol. The van der Waals surface area contributed by atoms with Crippen molar-refractivity contribution in [3.63, 3.8) is 0 Å². The highest BCUT2D eigenvalue weighted by molar-refractivity contribution is 6.30. The second-order valence-electron chi connectivity index (χ2n) is 4.91. The fourth-order valence-electron chi connectivity index (χ4n) is 2.01. The molecule has 0 aliphatic heterocycles. The zero-order valence-corrected chi connectivity index (χ0v) is 12.5. The van der Waals surface area contributed by atoms with Crippen molar-refractivity contribution in [2.75, 3.05) is 6.54 Å². The Balaban J connectivity index is 2.03. The second kappa shape index (κ2) is 7.04. The van der Waals surface area contributed by atoms with Crippen molar-refractivity contribution < 1.29 is 9.53 Å². The lowest BCUT2D eigenvalue weighted by molar-refractivity contribution is -0.457. The second-order valence-corrected chi connectivity index (χ2v) is 5.35. The van der Waals surface area contributed by atoms with Crippen LogP contribution in [0.5, 0.6) is 0 Å². The summed E-state index contributed by atoms with van der Waals surface area (Å²) in [6.45, 7) is 1.87. The minimum Gasteiger partial charge on any atom is -0.624 e. The van der Waals surface area contributed by atoms with E-state index in [1.807, 2.05) is 30.3 Å². The zero-order valence-electron chi connectivity index (χ0n) is 11.7. The molecule has 3 nitrogen and oxygen atoms in total. The predicted octanol–water partition coefficient (Wildman–Crippen LogP) is 3.79. The third kappa shape index (κ3) is 4.43. The standard InChI is InChI=1S/C17H16ClNO2/c1-13(17(20)15-7-9-16(18)10-8-15)11-19(21)12-14-5-3-2-4-6-14/h2-10,12-13H,11H2,1H3. The van der Waals surface area contributed by atoms with Crippen molar-refractivity contribution in [1.29, 1.82) is 0 Å². The molecule has 0 bridgehead atoms. The van der Waals surface area contributed by atoms with E-state index in [1.54, 1.807) is 31.2 Å². The SMILES string of the molecule is CC(C[N+]([O-])=Cc1ccccc1)C(=O)c1ccc(Cl)cc1. The van der Waals surface area contributed by atoms with Gasteiger partial charge in [0.15, 0.2) is 18.5 Å². The monoisotopic (exact) mass is 301 g/mol. The summed E-state index contributed by atoms with van der Waals surface area (Å²) < 4.78 is 0.799. The van der Waals surface area contributed by atoms with Gasteiger partial charge in [-0.3, -0.25) is 4.79 Å². The first-order chi connectivity index (χ1) is 10.1. The largest absolute Gasteiger partial charge is 0.624 e. The van der Waals surface area contributed by atoms with E-state index in [0.29, 0.717) is 10.6 Å². The van der Waals surface area contributed by atoms with Crippen LogP contribution in [-0.4, -0.2) is 23.3 Å². The van der Waals surface area contributed by atoms with Gasteiger partial charge in [0.1, 0.15) is 0 Å². The van der Waals surface area contributed by atoms with E-state index in [0.717, 1.165) is 10.3 Å². The quantitative estimate of drug-likeness (QED) is 0.277. The van der Waals surface area contributed by atoms with Gasteiger partial charge in [-0.15, -0.1) is 0 Å². The number of Topliss-reactive ketones (excluding diaryl/α,β-unsaturated/α-hetero) is 1. The van der Waals surface area contributed by atoms with Crippen molar-refractivity contribution in [2.45, 2.75) is 6.92 Å². The van der Waals surface area contributed by atoms with Crippen LogP contribution in [-0.2, 0) is 0 Å². The lowest BCUT2D eigenvalue weighted by Crippen LogP contribution is -2.22. The Morgan fingerprint density at radius 2 is 1.81 bits per heavy atom. The van der Waals surface area contributed by atoms with E-state index >= 15 is 0 Å². The molecule has 0 fully saturated rings. The Morgan fingerprint density at radius 1 is 1.19 bits per heavy atom. The van der Waals surface area contributed by atoms with E-state index in [-0.39, 0.29) is 18.2 Å². The number of hydrogen-bond acceptors (Lipinski definition) is 2. The Kier molecular flexibility index (Phi) is 5.12. The highest BCUT2D eigenvalue weighted by Crippen LogP contribution is 2.13. The molecule has 0 amide bonds. The summed E-state index contributed by atoms with van der Waals surface area (Å²) in [7, 11) is 0. The van der Waals surface area contributed by atoms with Gasteiger partial charge in [0.05, 0.1) is 5.92 Å². The topological polar surface area (TPSA) is 43.1 Å². The van der Waals surface area contributed by atoms with Crippen LogP contribution in [0.1, 0.15) is 22.8 Å². The first-order valence-corrected chi connectivity index (χ1v) is 7.07. The van der Waals surface area contributed by atoms with E-state index in [1.165, 1.54) is 6.21 Å². The van der Waals surface area contributed by atoms with Crippen LogP contribution in [0.4, 0.5) is 0 Å². The first kappa shape index (κ1) is 15.3. The number of halogens is 1. The van der Waals surface area contributed by atoms with Gasteiger partial charge in [-0.1, -0.05) is 29.8 Å². The maximum atomic E-state index is 12.2. The minimum atomic E-state index is -0.386. The Hall–Kier alpha value is -2.13. The van der Waals surface area contributed by atoms with Gasteiger partial charge in [-0.2, -0.15) is 0 Å². The van der Waals surface area contributed by atoms with E-state index in [9.17, 15) is 10.0 Å². The molecule has 0 radical (unpaired) electrons. The fourth-order valence-corrected chi connectivity index (χ4v) is 2.14. The molecule has 0 saturated heterocycles. The van der Waals surface area contributed by atoms with Crippen LogP contribution in [0.25, 0.3) is 0 Å². The summed E-state index contributed by atoms with van der Waals surface area (Å²) >= 11 is 5.80. The average Bonchev–Trinajstić information content (AvgIpc) is 2.48. The molecule has 0 saturated carbocycles. The highest BCUT2D eigenvalue weighted by Gasteiger charge is 2.18. The van der Waals surface area contributed by atoms with Crippen molar-refractivity contribution in [1.82, 2.24) is 0 Å². The van der Waals surface area contributed by atoms with Crippen molar-refractivity contribution in [3.05, 3.63) is 76.0 Å². The number of ketones is 1. The van der Waals surface area contributed by atoms with Gasteiger partial charge < -0.3 is 5.21 Å². The summed E-state index contributed by atoms with van der Waals surface area (Å²) in [5, 5.41) is 12.5. The molecule has 0 aliphatic carbocycles. The number of nitrogens with zero attached hydrogens (tertiary/aromatic N) is 1. The van der Waals surface area contributed by atoms with Crippen LogP contribution >= 0.6 is 11.6 Å². The number of carbonyl (C=O) groups excluding carboxylic acids is 1. The van der Waals surface area contributed by atoms with Crippen molar-refractivity contribution >= 4 is 23.6 Å². The molecule has 2 aromatic rings. The van der Waals surface area contributed by atoms with E-state index < -0.39 is 0 Å². The molecule has 108 valence electrons. The molecule has 1 unspecified atom stereocenters. The fraction of sp³-hybridized carbons (Fsp3) is 0.176. The molecule has 2 aromatic carbocycles. The molecule has 21 heavy (non-hydrogen) atoms. The summed E-state index contributed by atoms with van der Waals surface area (Å²) in [6.07, 6.45) is 1.49. The Morgan fingerprint density at radius 3 is 2.43 bits per heavy atom. The van der Waals surface area contributed by atoms with Gasteiger partial charge in [0, 0.05) is 16.1 Å². The molecule has 0 N–H and O–H groups in total. The van der Waals surface area contributed by atoms with Gasteiger partial charge in [-0.05, 0) is 43.3 Å². The van der Waals surface area contributed by atoms with Crippen LogP contribution in [0, 0.1) is 11.1 Å². The third-order valence-corrected chi connectivity index (χ3v) is 3.37. The maximum Gasteiger partial charge on any atom is 0.181 e. The van der Waals surface area contributed by atoms with Crippen LogP contribution in [0.2, 0.25) is 5.02 Å². The van der Waals surface area contributed by atoms with E-state index in [2.05, 4.69) is 0 Å². The summed E-state index contributed by atoms with van der Waals surface area (Å²) in [5.74, 6) is -0.447. The summed E-state index contributed by atoms with van der Waals surface area (Å²) in [4.78, 5) is 12.2. The lowest BCUT2D eigenvalue weighted by atomic mass is 9.99. The molecule has 0 aromatic heterocycles. The van der Waals surface area contributed by atoms with Gasteiger partial charge in [0.25, 0.3) is 0 Å². The highest BCUT2D eigenvalue weighted by atomic mass is 35.5. The molecule has 2 rings (SSSR count). The number of hydroxylamine groups is 1. The van der Waals surface area contributed by atoms with Gasteiger partial charge in [0.2, 0.25) is 0 Å². The zero-order chi connectivity index (χ0) is 15.2. The summed E-state index contributed by atoms with van der Waals surface area (Å²) in [5.41, 5.74) is 1.39. The smallest absolute Gasteiger partial charge is 0.181 e. The van der Waals surface area contributed by atoms with Crippen LogP contribution < -0.4 is 0 Å². The van der Waals surface area contributed by atoms with Crippen LogP contribution in [0.3, 0.4) is 0 Å². The first-order valence-electron chi connectivity index (χ1n) is 6.70. The minimum absolute atomic E-state index is 0.0611. The third-order valence-electron chi connectivity index (χ3n) is 3.12. The van der Waals surface area contributed by atoms with Crippen molar-refractivity contribution in [2.24, 2.45) is 5.92 Å². The number of hydrogen-bond donors (Lipinski definition) is 0. The number of benzene rings is 2. The van der Waals surface area contributed by atoms with Crippen LogP contribution in [0.15, 0.2) is 54.6 Å². The normalized spacial score (nSPS) is 13.0. The molecule has 1 atom stereocenters. The van der Waals surface area contributed by atoms with Gasteiger partial charge in [-0.25, -0.2) is 4.74 Å². The molecular formula is C17H16ClNO2. The molecule has 0 spiro atoms.